The summed E-state index contributed by atoms with van der Waals surface area (Å²) in [6, 6.07) is 0. The number of carbonyl (C=O) groups excluding carboxylic acids is 2. The molecule has 0 bridgehead atoms. The van der Waals surface area contributed by atoms with Gasteiger partial charge in [0.2, 0.25) is 0 Å². The fourth-order valence-corrected chi connectivity index (χ4v) is 4.03. The predicted octanol–water partition coefficient (Wildman–Crippen LogP) is 1.76. The Balaban J connectivity index is 2.53. The van der Waals surface area contributed by atoms with Gasteiger partial charge in [-0.05, 0) is 49.7 Å². The summed E-state index contributed by atoms with van der Waals surface area (Å²) in [5.41, 5.74) is -0.0441. The maximum absolute atomic E-state index is 12.1. The Labute approximate surface area is 131 Å². The van der Waals surface area contributed by atoms with Crippen LogP contribution in [0.2, 0.25) is 0 Å². The van der Waals surface area contributed by atoms with E-state index in [-0.39, 0.29) is 11.2 Å². The van der Waals surface area contributed by atoms with Crippen LogP contribution in [0.3, 0.4) is 0 Å². The van der Waals surface area contributed by atoms with Crippen LogP contribution >= 0.6 is 0 Å². The first-order chi connectivity index (χ1) is 10.1. The number of rotatable bonds is 3. The van der Waals surface area contributed by atoms with E-state index in [4.69, 9.17) is 4.74 Å². The fourth-order valence-electron chi connectivity index (χ4n) is 4.03. The topological polar surface area (TPSA) is 83.8 Å². The number of ketones is 1. The summed E-state index contributed by atoms with van der Waals surface area (Å²) in [6.45, 7) is 6.35. The number of Topliss-reactive ketones (excluding diaryl/α,β-unsaturated/α-hetero) is 1. The highest BCUT2D eigenvalue weighted by molar-refractivity contribution is 5.97. The number of hydrogen-bond acceptors (Lipinski definition) is 5. The number of aliphatic hydroxyl groups is 2. The maximum Gasteiger partial charge on any atom is 0.303 e. The van der Waals surface area contributed by atoms with Crippen LogP contribution in [0, 0.1) is 11.3 Å². The minimum Gasteiger partial charge on any atom is -0.458 e. The zero-order chi connectivity index (χ0) is 16.7. The largest absolute Gasteiger partial charge is 0.458 e. The summed E-state index contributed by atoms with van der Waals surface area (Å²) in [6.07, 6.45) is 2.06. The van der Waals surface area contributed by atoms with E-state index < -0.39 is 30.2 Å². The van der Waals surface area contributed by atoms with Gasteiger partial charge in [0.05, 0.1) is 12.2 Å². The van der Waals surface area contributed by atoms with E-state index in [2.05, 4.69) is 6.92 Å². The second kappa shape index (κ2) is 5.78. The molecule has 0 aliphatic heterocycles. The van der Waals surface area contributed by atoms with Crippen LogP contribution in [-0.2, 0) is 14.3 Å². The van der Waals surface area contributed by atoms with Crippen molar-refractivity contribution in [2.24, 2.45) is 11.3 Å². The van der Waals surface area contributed by atoms with Gasteiger partial charge < -0.3 is 14.9 Å². The van der Waals surface area contributed by atoms with Crippen LogP contribution in [0.25, 0.3) is 0 Å². The fraction of sp³-hybridized carbons (Fsp3) is 0.765. The lowest BCUT2D eigenvalue weighted by Gasteiger charge is -2.50. The number of esters is 1. The molecule has 0 aromatic heterocycles. The second-order valence-electron chi connectivity index (χ2n) is 7.21. The maximum atomic E-state index is 12.1. The molecule has 0 saturated heterocycles. The third-order valence-corrected chi connectivity index (χ3v) is 5.45. The van der Waals surface area contributed by atoms with Gasteiger partial charge >= 0.3 is 5.97 Å². The summed E-state index contributed by atoms with van der Waals surface area (Å²) >= 11 is 0. The van der Waals surface area contributed by atoms with E-state index in [9.17, 15) is 19.8 Å². The van der Waals surface area contributed by atoms with Crippen molar-refractivity contribution in [1.29, 1.82) is 0 Å². The van der Waals surface area contributed by atoms with Gasteiger partial charge in [-0.2, -0.15) is 0 Å². The van der Waals surface area contributed by atoms with Gasteiger partial charge in [-0.25, -0.2) is 0 Å². The lowest BCUT2D eigenvalue weighted by Crippen LogP contribution is -2.53. The molecular formula is C17H26O5. The highest BCUT2D eigenvalue weighted by Gasteiger charge is 2.52. The monoisotopic (exact) mass is 310 g/mol. The van der Waals surface area contributed by atoms with Crippen molar-refractivity contribution in [2.45, 2.75) is 65.1 Å². The SMILES string of the molecule is CC(=O)O[C@@H]1C2=C(C)C(=O)CC[C@@]2(C)CC[C@H]1[C@](C)(O)CO. The van der Waals surface area contributed by atoms with Gasteiger partial charge in [0.1, 0.15) is 6.10 Å². The van der Waals surface area contributed by atoms with E-state index in [0.29, 0.717) is 18.4 Å². The summed E-state index contributed by atoms with van der Waals surface area (Å²) in [5, 5.41) is 20.0. The normalized spacial score (nSPS) is 34.9. The van der Waals surface area contributed by atoms with Crippen LogP contribution in [0.1, 0.15) is 53.4 Å². The molecular weight excluding hydrogens is 284 g/mol. The Morgan fingerprint density at radius 2 is 2.09 bits per heavy atom. The van der Waals surface area contributed by atoms with Crippen molar-refractivity contribution in [3.8, 4) is 0 Å². The second-order valence-corrected chi connectivity index (χ2v) is 7.21. The van der Waals surface area contributed by atoms with Crippen molar-refractivity contribution in [2.75, 3.05) is 6.61 Å². The molecule has 0 aromatic rings. The molecule has 2 rings (SSSR count). The Hall–Kier alpha value is -1.20. The zero-order valence-electron chi connectivity index (χ0n) is 13.8. The molecule has 4 atom stereocenters. The first kappa shape index (κ1) is 17.2. The molecule has 124 valence electrons. The van der Waals surface area contributed by atoms with Crippen LogP contribution in [0.15, 0.2) is 11.1 Å². The molecule has 2 aliphatic carbocycles. The number of ether oxygens (including phenoxy) is 1. The average Bonchev–Trinajstić information content (AvgIpc) is 2.42. The number of aliphatic hydroxyl groups excluding tert-OH is 1. The lowest BCUT2D eigenvalue weighted by molar-refractivity contribution is -0.160. The summed E-state index contributed by atoms with van der Waals surface area (Å²) in [5.74, 6) is -0.773. The van der Waals surface area contributed by atoms with E-state index in [1.807, 2.05) is 0 Å². The number of fused-ring (bicyclic) bond motifs is 1. The van der Waals surface area contributed by atoms with Crippen molar-refractivity contribution < 1.29 is 24.5 Å². The molecule has 1 fully saturated rings. The summed E-state index contributed by atoms with van der Waals surface area (Å²) in [7, 11) is 0. The van der Waals surface area contributed by atoms with E-state index in [0.717, 1.165) is 18.4 Å². The third kappa shape index (κ3) is 2.84. The minimum atomic E-state index is -1.35. The molecule has 0 aromatic carbocycles. The smallest absolute Gasteiger partial charge is 0.303 e. The molecule has 5 nitrogen and oxygen atoms in total. The van der Waals surface area contributed by atoms with Gasteiger partial charge in [-0.3, -0.25) is 9.59 Å². The van der Waals surface area contributed by atoms with Gasteiger partial charge in [-0.15, -0.1) is 0 Å². The molecule has 22 heavy (non-hydrogen) atoms. The van der Waals surface area contributed by atoms with Gasteiger partial charge in [0, 0.05) is 19.3 Å². The number of allylic oxidation sites excluding steroid dienone is 1. The van der Waals surface area contributed by atoms with E-state index >= 15 is 0 Å². The van der Waals surface area contributed by atoms with Crippen LogP contribution < -0.4 is 0 Å². The Morgan fingerprint density at radius 3 is 2.64 bits per heavy atom. The molecule has 0 heterocycles. The predicted molar refractivity (Wildman–Crippen MR) is 81.0 cm³/mol. The Kier molecular flexibility index (Phi) is 4.51. The third-order valence-electron chi connectivity index (χ3n) is 5.45. The summed E-state index contributed by atoms with van der Waals surface area (Å²) < 4.78 is 5.53. The molecule has 0 amide bonds. The molecule has 1 saturated carbocycles. The number of hydrogen-bond donors (Lipinski definition) is 2. The van der Waals surface area contributed by atoms with Gasteiger partial charge in [0.15, 0.2) is 5.78 Å². The average molecular weight is 310 g/mol. The van der Waals surface area contributed by atoms with Gasteiger partial charge in [0.25, 0.3) is 0 Å². The number of carbonyl (C=O) groups is 2. The first-order valence-corrected chi connectivity index (χ1v) is 7.87. The molecule has 0 unspecified atom stereocenters. The summed E-state index contributed by atoms with van der Waals surface area (Å²) in [4.78, 5) is 23.7. The Bertz CT molecular complexity index is 519. The van der Waals surface area contributed by atoms with Crippen LogP contribution in [0.5, 0.6) is 0 Å². The molecule has 5 heteroatoms. The zero-order valence-corrected chi connectivity index (χ0v) is 13.8. The highest BCUT2D eigenvalue weighted by atomic mass is 16.5. The van der Waals surface area contributed by atoms with E-state index in [1.165, 1.54) is 6.92 Å². The molecule has 0 spiro atoms. The molecule has 0 radical (unpaired) electrons. The first-order valence-electron chi connectivity index (χ1n) is 7.87. The molecule has 2 N–H and O–H groups in total. The Morgan fingerprint density at radius 1 is 1.45 bits per heavy atom. The van der Waals surface area contributed by atoms with Gasteiger partial charge in [-0.1, -0.05) is 6.92 Å². The molecule has 2 aliphatic rings. The highest BCUT2D eigenvalue weighted by Crippen LogP contribution is 2.53. The van der Waals surface area contributed by atoms with Crippen molar-refractivity contribution >= 4 is 11.8 Å². The van der Waals surface area contributed by atoms with Crippen molar-refractivity contribution in [3.63, 3.8) is 0 Å². The van der Waals surface area contributed by atoms with Crippen molar-refractivity contribution in [1.82, 2.24) is 0 Å². The van der Waals surface area contributed by atoms with Crippen molar-refractivity contribution in [3.05, 3.63) is 11.1 Å². The van der Waals surface area contributed by atoms with Crippen LogP contribution in [0.4, 0.5) is 0 Å². The quantitative estimate of drug-likeness (QED) is 0.776. The van der Waals surface area contributed by atoms with Crippen LogP contribution in [-0.4, -0.2) is 40.3 Å². The minimum absolute atomic E-state index is 0.0777. The van der Waals surface area contributed by atoms with E-state index in [1.54, 1.807) is 13.8 Å². The lowest BCUT2D eigenvalue weighted by atomic mass is 9.58. The standard InChI is InChI=1S/C17H26O5/c1-10-13(20)6-8-16(3)7-5-12(17(4,21)9-18)15(14(10)16)22-11(2)19/h12,15,18,21H,5-9H2,1-4H3/t12-,15+,16-,17-/m1/s1.